The monoisotopic (exact) mass is 266 g/mol. The van der Waals surface area contributed by atoms with E-state index in [9.17, 15) is 9.59 Å². The van der Waals surface area contributed by atoms with Crippen molar-refractivity contribution < 1.29 is 23.8 Å². The van der Waals surface area contributed by atoms with Crippen LogP contribution < -0.4 is 9.47 Å². The minimum absolute atomic E-state index is 0.152. The maximum Gasteiger partial charge on any atom is 0.379 e. The summed E-state index contributed by atoms with van der Waals surface area (Å²) in [4.78, 5) is 23.5. The van der Waals surface area contributed by atoms with Crippen LogP contribution in [-0.2, 0) is 9.53 Å². The van der Waals surface area contributed by atoms with Crippen LogP contribution in [0.15, 0.2) is 18.2 Å². The van der Waals surface area contributed by atoms with E-state index in [0.717, 1.165) is 0 Å². The van der Waals surface area contributed by atoms with Gasteiger partial charge in [-0.15, -0.1) is 0 Å². The van der Waals surface area contributed by atoms with Crippen LogP contribution in [-0.4, -0.2) is 31.6 Å². The van der Waals surface area contributed by atoms with E-state index in [2.05, 4.69) is 0 Å². The summed E-state index contributed by atoms with van der Waals surface area (Å²) in [6, 6.07) is 4.80. The molecule has 5 nitrogen and oxygen atoms in total. The van der Waals surface area contributed by atoms with E-state index >= 15 is 0 Å². The summed E-state index contributed by atoms with van der Waals surface area (Å²) in [5, 5.41) is 0. The molecule has 0 saturated carbocycles. The van der Waals surface area contributed by atoms with Gasteiger partial charge < -0.3 is 14.2 Å². The fraction of sp³-hybridized carbons (Fsp3) is 0.429. The van der Waals surface area contributed by atoms with Gasteiger partial charge in [0, 0.05) is 0 Å². The number of carbonyl (C=O) groups excluding carboxylic acids is 2. The van der Waals surface area contributed by atoms with Crippen LogP contribution in [0.4, 0.5) is 0 Å². The summed E-state index contributed by atoms with van der Waals surface area (Å²) in [5.41, 5.74) is 0.159. The SMILES string of the molecule is CCOC(=O)C(=O)c1cc(OCC)ccc1OCC. The Morgan fingerprint density at radius 2 is 1.68 bits per heavy atom. The van der Waals surface area contributed by atoms with Crippen molar-refractivity contribution in [2.75, 3.05) is 19.8 Å². The zero-order valence-corrected chi connectivity index (χ0v) is 11.4. The van der Waals surface area contributed by atoms with E-state index in [4.69, 9.17) is 14.2 Å². The van der Waals surface area contributed by atoms with Crippen LogP contribution in [0.5, 0.6) is 11.5 Å². The molecule has 0 aliphatic carbocycles. The van der Waals surface area contributed by atoms with Crippen molar-refractivity contribution in [2.24, 2.45) is 0 Å². The molecule has 0 atom stereocenters. The van der Waals surface area contributed by atoms with Gasteiger partial charge in [0.2, 0.25) is 0 Å². The van der Waals surface area contributed by atoms with E-state index in [0.29, 0.717) is 24.7 Å². The molecule has 0 aliphatic rings. The number of hydrogen-bond donors (Lipinski definition) is 0. The van der Waals surface area contributed by atoms with Gasteiger partial charge in [-0.3, -0.25) is 4.79 Å². The molecule has 0 saturated heterocycles. The molecule has 1 aromatic carbocycles. The molecule has 1 rings (SSSR count). The summed E-state index contributed by atoms with van der Waals surface area (Å²) >= 11 is 0. The first-order valence-electron chi connectivity index (χ1n) is 6.25. The molecule has 0 radical (unpaired) electrons. The minimum Gasteiger partial charge on any atom is -0.494 e. The van der Waals surface area contributed by atoms with Crippen LogP contribution in [0, 0.1) is 0 Å². The topological polar surface area (TPSA) is 61.8 Å². The van der Waals surface area contributed by atoms with Gasteiger partial charge in [-0.1, -0.05) is 0 Å². The molecule has 0 heterocycles. The summed E-state index contributed by atoms with van der Waals surface area (Å²) < 4.78 is 15.4. The Balaban J connectivity index is 3.08. The maximum absolute atomic E-state index is 12.0. The van der Waals surface area contributed by atoms with Gasteiger partial charge in [0.05, 0.1) is 25.4 Å². The van der Waals surface area contributed by atoms with E-state index in [-0.39, 0.29) is 12.2 Å². The van der Waals surface area contributed by atoms with Crippen molar-refractivity contribution >= 4 is 11.8 Å². The molecule has 0 fully saturated rings. The number of ether oxygens (including phenoxy) is 3. The highest BCUT2D eigenvalue weighted by molar-refractivity contribution is 6.41. The van der Waals surface area contributed by atoms with Gasteiger partial charge in [0.15, 0.2) is 0 Å². The van der Waals surface area contributed by atoms with Crippen molar-refractivity contribution in [3.05, 3.63) is 23.8 Å². The smallest absolute Gasteiger partial charge is 0.379 e. The summed E-state index contributed by atoms with van der Waals surface area (Å²) in [6.07, 6.45) is 0. The lowest BCUT2D eigenvalue weighted by Gasteiger charge is -2.11. The molecule has 104 valence electrons. The van der Waals surface area contributed by atoms with Crippen LogP contribution in [0.1, 0.15) is 31.1 Å². The Kier molecular flexibility index (Phi) is 5.85. The molecular weight excluding hydrogens is 248 g/mol. The van der Waals surface area contributed by atoms with Gasteiger partial charge in [0.1, 0.15) is 11.5 Å². The fourth-order valence-corrected chi connectivity index (χ4v) is 1.53. The highest BCUT2D eigenvalue weighted by Gasteiger charge is 2.22. The molecule has 5 heteroatoms. The molecule has 0 amide bonds. The largest absolute Gasteiger partial charge is 0.494 e. The standard InChI is InChI=1S/C14H18O5/c1-4-17-10-7-8-12(18-5-2)11(9-10)13(15)14(16)19-6-3/h7-9H,4-6H2,1-3H3. The third kappa shape index (κ3) is 3.98. The molecule has 0 N–H and O–H groups in total. The highest BCUT2D eigenvalue weighted by Crippen LogP contribution is 2.25. The first kappa shape index (κ1) is 15.0. The van der Waals surface area contributed by atoms with Gasteiger partial charge in [-0.25, -0.2) is 4.79 Å². The zero-order chi connectivity index (χ0) is 14.3. The van der Waals surface area contributed by atoms with Gasteiger partial charge in [-0.05, 0) is 39.0 Å². The highest BCUT2D eigenvalue weighted by atomic mass is 16.5. The molecule has 1 aromatic rings. The van der Waals surface area contributed by atoms with Crippen molar-refractivity contribution in [1.82, 2.24) is 0 Å². The van der Waals surface area contributed by atoms with Gasteiger partial charge in [-0.2, -0.15) is 0 Å². The Labute approximate surface area is 112 Å². The third-order valence-corrected chi connectivity index (χ3v) is 2.27. The molecule has 0 spiro atoms. The van der Waals surface area contributed by atoms with Crippen molar-refractivity contribution in [2.45, 2.75) is 20.8 Å². The van der Waals surface area contributed by atoms with Crippen LogP contribution in [0.3, 0.4) is 0 Å². The average molecular weight is 266 g/mol. The second kappa shape index (κ2) is 7.41. The lowest BCUT2D eigenvalue weighted by Crippen LogP contribution is -2.18. The zero-order valence-electron chi connectivity index (χ0n) is 11.4. The minimum atomic E-state index is -0.892. The van der Waals surface area contributed by atoms with Gasteiger partial charge in [0.25, 0.3) is 5.78 Å². The first-order valence-corrected chi connectivity index (χ1v) is 6.25. The number of hydrogen-bond acceptors (Lipinski definition) is 5. The number of ketones is 1. The normalized spacial score (nSPS) is 9.84. The Bertz CT molecular complexity index is 453. The number of esters is 1. The predicted octanol–water partition coefficient (Wildman–Crippen LogP) is 2.23. The second-order valence-electron chi connectivity index (χ2n) is 3.57. The average Bonchev–Trinajstić information content (AvgIpc) is 2.40. The number of rotatable bonds is 7. The summed E-state index contributed by atoms with van der Waals surface area (Å²) in [7, 11) is 0. The quantitative estimate of drug-likeness (QED) is 0.430. The molecule has 0 aromatic heterocycles. The third-order valence-electron chi connectivity index (χ3n) is 2.27. The first-order chi connectivity index (χ1) is 9.13. The Morgan fingerprint density at radius 3 is 2.26 bits per heavy atom. The molecule has 0 aliphatic heterocycles. The molecular formula is C14H18O5. The fourth-order valence-electron chi connectivity index (χ4n) is 1.53. The Hall–Kier alpha value is -2.04. The van der Waals surface area contributed by atoms with E-state index < -0.39 is 11.8 Å². The van der Waals surface area contributed by atoms with E-state index in [1.165, 1.54) is 6.07 Å². The molecule has 19 heavy (non-hydrogen) atoms. The van der Waals surface area contributed by atoms with E-state index in [1.807, 2.05) is 6.92 Å². The van der Waals surface area contributed by atoms with Crippen molar-refractivity contribution in [3.8, 4) is 11.5 Å². The number of Topliss-reactive ketones (excluding diaryl/α,β-unsaturated/α-hetero) is 1. The van der Waals surface area contributed by atoms with Crippen molar-refractivity contribution in [1.29, 1.82) is 0 Å². The number of carbonyl (C=O) groups is 2. The molecule has 0 bridgehead atoms. The van der Waals surface area contributed by atoms with E-state index in [1.54, 1.807) is 26.0 Å². The lowest BCUT2D eigenvalue weighted by molar-refractivity contribution is -0.137. The predicted molar refractivity (Wildman–Crippen MR) is 69.7 cm³/mol. The van der Waals surface area contributed by atoms with Gasteiger partial charge >= 0.3 is 5.97 Å². The maximum atomic E-state index is 12.0. The van der Waals surface area contributed by atoms with Crippen LogP contribution >= 0.6 is 0 Å². The second-order valence-corrected chi connectivity index (χ2v) is 3.57. The number of benzene rings is 1. The lowest BCUT2D eigenvalue weighted by atomic mass is 10.1. The Morgan fingerprint density at radius 1 is 1.00 bits per heavy atom. The van der Waals surface area contributed by atoms with Crippen molar-refractivity contribution in [3.63, 3.8) is 0 Å². The van der Waals surface area contributed by atoms with Crippen LogP contribution in [0.25, 0.3) is 0 Å². The van der Waals surface area contributed by atoms with Crippen LogP contribution in [0.2, 0.25) is 0 Å². The molecule has 0 unspecified atom stereocenters. The summed E-state index contributed by atoms with van der Waals surface area (Å²) in [6.45, 7) is 6.31. The summed E-state index contributed by atoms with van der Waals surface area (Å²) in [5.74, 6) is -0.758.